The zero-order chi connectivity index (χ0) is 20.9. The van der Waals surface area contributed by atoms with Crippen molar-refractivity contribution in [2.45, 2.75) is 17.7 Å². The minimum Gasteiger partial charge on any atom is -0.497 e. The van der Waals surface area contributed by atoms with Gasteiger partial charge in [0.15, 0.2) is 6.61 Å². The van der Waals surface area contributed by atoms with Crippen LogP contribution in [-0.2, 0) is 14.8 Å². The first kappa shape index (κ1) is 20.7. The number of benzene rings is 2. The third-order valence-corrected chi connectivity index (χ3v) is 5.74. The van der Waals surface area contributed by atoms with E-state index in [2.05, 4.69) is 9.71 Å². The molecule has 1 amide bonds. The van der Waals surface area contributed by atoms with Gasteiger partial charge in [0.05, 0.1) is 12.0 Å². The van der Waals surface area contributed by atoms with Gasteiger partial charge in [0.2, 0.25) is 0 Å². The molecular formula is C20H23N3O5S. The van der Waals surface area contributed by atoms with Gasteiger partial charge >= 0.3 is 0 Å². The number of carbonyl (C=O) groups excluding carboxylic acids is 1. The van der Waals surface area contributed by atoms with Crippen LogP contribution in [0.25, 0.3) is 0 Å². The van der Waals surface area contributed by atoms with E-state index < -0.39 is 10.0 Å². The van der Waals surface area contributed by atoms with Crippen LogP contribution in [0, 0.1) is 0 Å². The summed E-state index contributed by atoms with van der Waals surface area (Å²) in [6, 6.07) is 12.8. The number of nitrogens with zero attached hydrogens (tertiary/aromatic N) is 2. The Labute approximate surface area is 170 Å². The first-order valence-electron chi connectivity index (χ1n) is 9.09. The number of methoxy groups -OCH3 is 1. The molecule has 9 heteroatoms. The van der Waals surface area contributed by atoms with E-state index in [9.17, 15) is 13.2 Å². The number of nitrogens with one attached hydrogen (secondary N) is 1. The lowest BCUT2D eigenvalue weighted by atomic mass is 10.3. The van der Waals surface area contributed by atoms with Crippen LogP contribution in [0.15, 0.2) is 57.8 Å². The molecule has 0 radical (unpaired) electrons. The van der Waals surface area contributed by atoms with Crippen molar-refractivity contribution < 1.29 is 22.7 Å². The molecule has 2 aromatic carbocycles. The predicted molar refractivity (Wildman–Crippen MR) is 110 cm³/mol. The second kappa shape index (κ2) is 8.95. The molecule has 2 aromatic rings. The predicted octanol–water partition coefficient (Wildman–Crippen LogP) is 2.53. The molecule has 0 bridgehead atoms. The van der Waals surface area contributed by atoms with Crippen LogP contribution in [0.2, 0.25) is 0 Å². The number of hydrogen-bond donors (Lipinski definition) is 1. The van der Waals surface area contributed by atoms with E-state index in [-0.39, 0.29) is 17.4 Å². The van der Waals surface area contributed by atoms with Gasteiger partial charge in [-0.15, -0.1) is 4.40 Å². The van der Waals surface area contributed by atoms with Crippen molar-refractivity contribution in [2.24, 2.45) is 4.40 Å². The molecule has 0 unspecified atom stereocenters. The zero-order valence-corrected chi connectivity index (χ0v) is 17.1. The molecule has 0 aromatic heterocycles. The van der Waals surface area contributed by atoms with E-state index in [1.165, 1.54) is 24.3 Å². The average molecular weight is 417 g/mol. The van der Waals surface area contributed by atoms with Gasteiger partial charge in [0, 0.05) is 25.7 Å². The highest BCUT2D eigenvalue weighted by molar-refractivity contribution is 7.90. The van der Waals surface area contributed by atoms with Crippen LogP contribution in [0.4, 0.5) is 5.69 Å². The number of rotatable bonds is 7. The fraction of sp³-hybridized carbons (Fsp3) is 0.300. The largest absolute Gasteiger partial charge is 0.497 e. The second-order valence-corrected chi connectivity index (χ2v) is 8.15. The molecule has 0 aliphatic carbocycles. The van der Waals surface area contributed by atoms with Crippen molar-refractivity contribution in [3.8, 4) is 11.5 Å². The summed E-state index contributed by atoms with van der Waals surface area (Å²) in [5, 5.41) is 2.67. The van der Waals surface area contributed by atoms with Crippen LogP contribution in [-0.4, -0.2) is 52.4 Å². The third-order valence-electron chi connectivity index (χ3n) is 4.43. The van der Waals surface area contributed by atoms with Gasteiger partial charge < -0.3 is 19.7 Å². The average Bonchev–Trinajstić information content (AvgIpc) is 3.11. The zero-order valence-electron chi connectivity index (χ0n) is 16.3. The topological polar surface area (TPSA) is 97.3 Å². The summed E-state index contributed by atoms with van der Waals surface area (Å²) in [6.45, 7) is 0.629. The Morgan fingerprint density at radius 3 is 2.34 bits per heavy atom. The van der Waals surface area contributed by atoms with Gasteiger partial charge in [-0.25, -0.2) is 0 Å². The van der Waals surface area contributed by atoms with Crippen molar-refractivity contribution >= 4 is 27.5 Å². The summed E-state index contributed by atoms with van der Waals surface area (Å²) < 4.78 is 39.3. The number of amides is 1. The molecule has 1 N–H and O–H groups in total. The van der Waals surface area contributed by atoms with Gasteiger partial charge in [0.25, 0.3) is 15.9 Å². The van der Waals surface area contributed by atoms with E-state index in [0.717, 1.165) is 13.0 Å². The minimum atomic E-state index is -3.78. The van der Waals surface area contributed by atoms with Gasteiger partial charge in [-0.2, -0.15) is 8.42 Å². The number of carbonyl (C=O) groups is 1. The summed E-state index contributed by atoms with van der Waals surface area (Å²) in [5.41, 5.74) is 0.470. The number of ether oxygens (including phenoxy) is 2. The molecule has 0 spiro atoms. The van der Waals surface area contributed by atoms with Crippen LogP contribution >= 0.6 is 0 Å². The molecule has 154 valence electrons. The van der Waals surface area contributed by atoms with Gasteiger partial charge in [0.1, 0.15) is 17.3 Å². The van der Waals surface area contributed by atoms with E-state index in [1.54, 1.807) is 31.4 Å². The lowest BCUT2D eigenvalue weighted by Gasteiger charge is -2.11. The third kappa shape index (κ3) is 5.47. The molecule has 1 aliphatic heterocycles. The number of amidine groups is 1. The fourth-order valence-electron chi connectivity index (χ4n) is 2.83. The van der Waals surface area contributed by atoms with E-state index in [1.807, 2.05) is 11.9 Å². The van der Waals surface area contributed by atoms with Crippen LogP contribution in [0.1, 0.15) is 12.8 Å². The van der Waals surface area contributed by atoms with Crippen molar-refractivity contribution in [1.29, 1.82) is 0 Å². The lowest BCUT2D eigenvalue weighted by Crippen LogP contribution is -2.20. The van der Waals surface area contributed by atoms with E-state index in [4.69, 9.17) is 9.47 Å². The normalized spacial score (nSPS) is 15.4. The van der Waals surface area contributed by atoms with Gasteiger partial charge in [-0.05, 0) is 55.0 Å². The highest BCUT2D eigenvalue weighted by atomic mass is 32.2. The smallest absolute Gasteiger partial charge is 0.283 e. The molecule has 0 saturated carbocycles. The highest BCUT2D eigenvalue weighted by Gasteiger charge is 2.20. The Balaban J connectivity index is 1.57. The van der Waals surface area contributed by atoms with Crippen LogP contribution in [0.5, 0.6) is 11.5 Å². The highest BCUT2D eigenvalue weighted by Crippen LogP contribution is 2.20. The van der Waals surface area contributed by atoms with Crippen LogP contribution < -0.4 is 14.8 Å². The Morgan fingerprint density at radius 2 is 1.76 bits per heavy atom. The Morgan fingerprint density at radius 1 is 1.10 bits per heavy atom. The number of hydrogen-bond acceptors (Lipinski definition) is 5. The summed E-state index contributed by atoms with van der Waals surface area (Å²) in [5.74, 6) is 1.45. The summed E-state index contributed by atoms with van der Waals surface area (Å²) in [6.07, 6.45) is 1.55. The molecule has 0 atom stereocenters. The van der Waals surface area contributed by atoms with E-state index in [0.29, 0.717) is 29.4 Å². The molecule has 1 aliphatic rings. The van der Waals surface area contributed by atoms with E-state index >= 15 is 0 Å². The van der Waals surface area contributed by atoms with Crippen molar-refractivity contribution in [3.63, 3.8) is 0 Å². The maximum atomic E-state index is 12.4. The monoisotopic (exact) mass is 417 g/mol. The molecule has 8 nitrogen and oxygen atoms in total. The molecule has 1 fully saturated rings. The number of sulfonamides is 1. The quantitative estimate of drug-likeness (QED) is 0.744. The van der Waals surface area contributed by atoms with Gasteiger partial charge in [-0.1, -0.05) is 0 Å². The summed E-state index contributed by atoms with van der Waals surface area (Å²) in [7, 11) is -0.378. The molecule has 1 saturated heterocycles. The van der Waals surface area contributed by atoms with Gasteiger partial charge in [-0.3, -0.25) is 4.79 Å². The Hall–Kier alpha value is -3.07. The fourth-order valence-corrected chi connectivity index (χ4v) is 3.92. The Bertz CT molecular complexity index is 986. The number of likely N-dealkylation sites (tertiary alicyclic amines) is 1. The summed E-state index contributed by atoms with van der Waals surface area (Å²) in [4.78, 5) is 14.0. The lowest BCUT2D eigenvalue weighted by molar-refractivity contribution is -0.118. The first-order chi connectivity index (χ1) is 13.9. The Kier molecular flexibility index (Phi) is 6.38. The SMILES string of the molecule is COc1ccc(OCC(=O)Nc2ccc(S(=O)(=O)N=C3CCCN3C)cc2)cc1. The second-order valence-electron chi connectivity index (χ2n) is 6.54. The van der Waals surface area contributed by atoms with Crippen molar-refractivity contribution in [3.05, 3.63) is 48.5 Å². The van der Waals surface area contributed by atoms with Crippen molar-refractivity contribution in [2.75, 3.05) is 32.6 Å². The molecular weight excluding hydrogens is 394 g/mol. The minimum absolute atomic E-state index is 0.0813. The molecule has 1 heterocycles. The maximum absolute atomic E-state index is 12.4. The molecule has 3 rings (SSSR count). The van der Waals surface area contributed by atoms with Crippen molar-refractivity contribution in [1.82, 2.24) is 4.90 Å². The summed E-state index contributed by atoms with van der Waals surface area (Å²) >= 11 is 0. The maximum Gasteiger partial charge on any atom is 0.283 e. The number of anilines is 1. The standard InChI is InChI=1S/C20H23N3O5S/c1-23-13-3-4-19(23)22-29(25,26)18-11-5-15(6-12-18)21-20(24)14-28-17-9-7-16(27-2)8-10-17/h5-12H,3-4,13-14H2,1-2H3,(H,21,24). The van der Waals surface area contributed by atoms with Crippen LogP contribution in [0.3, 0.4) is 0 Å². The molecule has 29 heavy (non-hydrogen) atoms. The first-order valence-corrected chi connectivity index (χ1v) is 10.5.